The summed E-state index contributed by atoms with van der Waals surface area (Å²) >= 11 is 0. The van der Waals surface area contributed by atoms with E-state index < -0.39 is 0 Å². The SMILES string of the molecule is Cc1nnc(C2CCN(C(=O)c3ccncc3)CC2)o1. The lowest BCUT2D eigenvalue weighted by molar-refractivity contribution is 0.0706. The zero-order valence-electron chi connectivity index (χ0n) is 11.3. The number of aromatic nitrogens is 3. The Morgan fingerprint density at radius 1 is 1.25 bits per heavy atom. The third kappa shape index (κ3) is 2.54. The van der Waals surface area contributed by atoms with Gasteiger partial charge in [-0.15, -0.1) is 10.2 Å². The number of piperidine rings is 1. The quantitative estimate of drug-likeness (QED) is 0.833. The predicted molar refractivity (Wildman–Crippen MR) is 71.2 cm³/mol. The average molecular weight is 272 g/mol. The van der Waals surface area contributed by atoms with Gasteiger partial charge in [-0.2, -0.15) is 0 Å². The van der Waals surface area contributed by atoms with E-state index in [4.69, 9.17) is 4.42 Å². The predicted octanol–water partition coefficient (Wildman–Crippen LogP) is 1.79. The maximum atomic E-state index is 12.3. The monoisotopic (exact) mass is 272 g/mol. The van der Waals surface area contributed by atoms with E-state index >= 15 is 0 Å². The molecule has 6 nitrogen and oxygen atoms in total. The zero-order chi connectivity index (χ0) is 13.9. The molecule has 0 bridgehead atoms. The van der Waals surface area contributed by atoms with Crippen molar-refractivity contribution in [3.63, 3.8) is 0 Å². The lowest BCUT2D eigenvalue weighted by Gasteiger charge is -2.30. The largest absolute Gasteiger partial charge is 0.425 e. The van der Waals surface area contributed by atoms with Crippen LogP contribution in [0.25, 0.3) is 0 Å². The normalized spacial score (nSPS) is 16.4. The third-order valence-electron chi connectivity index (χ3n) is 3.60. The number of nitrogens with zero attached hydrogens (tertiary/aromatic N) is 4. The first-order chi connectivity index (χ1) is 9.74. The van der Waals surface area contributed by atoms with Gasteiger partial charge in [-0.25, -0.2) is 0 Å². The van der Waals surface area contributed by atoms with Crippen LogP contribution in [0.3, 0.4) is 0 Å². The number of amides is 1. The summed E-state index contributed by atoms with van der Waals surface area (Å²) in [6, 6.07) is 3.49. The lowest BCUT2D eigenvalue weighted by Crippen LogP contribution is -2.38. The Balaban J connectivity index is 1.63. The highest BCUT2D eigenvalue weighted by Crippen LogP contribution is 2.27. The maximum Gasteiger partial charge on any atom is 0.253 e. The fourth-order valence-electron chi connectivity index (χ4n) is 2.48. The van der Waals surface area contributed by atoms with Crippen molar-refractivity contribution in [2.45, 2.75) is 25.7 Å². The van der Waals surface area contributed by atoms with Crippen molar-refractivity contribution in [1.29, 1.82) is 0 Å². The van der Waals surface area contributed by atoms with E-state index in [1.807, 2.05) is 4.90 Å². The van der Waals surface area contributed by atoms with Gasteiger partial charge in [0.2, 0.25) is 11.8 Å². The molecule has 104 valence electrons. The first kappa shape index (κ1) is 12.8. The number of likely N-dealkylation sites (tertiary alicyclic amines) is 1. The Labute approximate surface area is 116 Å². The van der Waals surface area contributed by atoms with Crippen molar-refractivity contribution in [3.8, 4) is 0 Å². The van der Waals surface area contributed by atoms with Gasteiger partial charge in [0.25, 0.3) is 5.91 Å². The molecule has 1 fully saturated rings. The lowest BCUT2D eigenvalue weighted by atomic mass is 9.96. The molecule has 20 heavy (non-hydrogen) atoms. The number of hydrogen-bond acceptors (Lipinski definition) is 5. The van der Waals surface area contributed by atoms with Crippen molar-refractivity contribution in [1.82, 2.24) is 20.1 Å². The molecule has 0 unspecified atom stereocenters. The standard InChI is InChI=1S/C14H16N4O2/c1-10-16-17-13(20-10)11-4-8-18(9-5-11)14(19)12-2-6-15-7-3-12/h2-3,6-7,11H,4-5,8-9H2,1H3. The van der Waals surface area contributed by atoms with E-state index in [2.05, 4.69) is 15.2 Å². The number of rotatable bonds is 2. The number of aryl methyl sites for hydroxylation is 1. The number of hydrogen-bond donors (Lipinski definition) is 0. The molecular weight excluding hydrogens is 256 g/mol. The molecule has 1 amide bonds. The molecule has 0 aliphatic carbocycles. The summed E-state index contributed by atoms with van der Waals surface area (Å²) in [7, 11) is 0. The van der Waals surface area contributed by atoms with Crippen LogP contribution in [0.15, 0.2) is 28.9 Å². The topological polar surface area (TPSA) is 72.1 Å². The van der Waals surface area contributed by atoms with Gasteiger partial charge in [-0.05, 0) is 25.0 Å². The van der Waals surface area contributed by atoms with Gasteiger partial charge in [-0.1, -0.05) is 0 Å². The molecule has 2 aromatic heterocycles. The molecule has 3 rings (SSSR count). The minimum Gasteiger partial charge on any atom is -0.425 e. The second-order valence-corrected chi connectivity index (χ2v) is 4.96. The third-order valence-corrected chi connectivity index (χ3v) is 3.60. The highest BCUT2D eigenvalue weighted by molar-refractivity contribution is 5.94. The van der Waals surface area contributed by atoms with Crippen LogP contribution in [0.2, 0.25) is 0 Å². The second-order valence-electron chi connectivity index (χ2n) is 4.96. The molecule has 0 radical (unpaired) electrons. The van der Waals surface area contributed by atoms with Gasteiger partial charge in [0, 0.05) is 43.9 Å². The van der Waals surface area contributed by atoms with Crippen LogP contribution >= 0.6 is 0 Å². The average Bonchev–Trinajstić information content (AvgIpc) is 2.94. The molecule has 0 spiro atoms. The van der Waals surface area contributed by atoms with Crippen LogP contribution in [-0.2, 0) is 0 Å². The van der Waals surface area contributed by atoms with Crippen LogP contribution in [0.1, 0.15) is 40.9 Å². The van der Waals surface area contributed by atoms with Crippen LogP contribution in [0.5, 0.6) is 0 Å². The van der Waals surface area contributed by atoms with Gasteiger partial charge in [0.1, 0.15) is 0 Å². The van der Waals surface area contributed by atoms with E-state index in [0.29, 0.717) is 30.4 Å². The number of carbonyl (C=O) groups is 1. The van der Waals surface area contributed by atoms with E-state index in [1.54, 1.807) is 31.5 Å². The second kappa shape index (κ2) is 5.40. The Bertz CT molecular complexity index is 588. The summed E-state index contributed by atoms with van der Waals surface area (Å²) in [5.74, 6) is 1.61. The fraction of sp³-hybridized carbons (Fsp3) is 0.429. The summed E-state index contributed by atoms with van der Waals surface area (Å²) < 4.78 is 5.47. The highest BCUT2D eigenvalue weighted by atomic mass is 16.4. The van der Waals surface area contributed by atoms with Crippen molar-refractivity contribution in [2.24, 2.45) is 0 Å². The van der Waals surface area contributed by atoms with Gasteiger partial charge >= 0.3 is 0 Å². The van der Waals surface area contributed by atoms with Crippen LogP contribution < -0.4 is 0 Å². The molecular formula is C14H16N4O2. The molecule has 2 aromatic rings. The smallest absolute Gasteiger partial charge is 0.253 e. The summed E-state index contributed by atoms with van der Waals surface area (Å²) in [4.78, 5) is 18.1. The van der Waals surface area contributed by atoms with E-state index in [0.717, 1.165) is 12.8 Å². The molecule has 1 saturated heterocycles. The Kier molecular flexibility index (Phi) is 3.45. The van der Waals surface area contributed by atoms with Gasteiger partial charge in [0.05, 0.1) is 0 Å². The molecule has 1 aliphatic rings. The summed E-state index contributed by atoms with van der Waals surface area (Å²) in [5, 5.41) is 7.93. The molecule has 0 aromatic carbocycles. The van der Waals surface area contributed by atoms with Crippen LogP contribution in [-0.4, -0.2) is 39.1 Å². The first-order valence-corrected chi connectivity index (χ1v) is 6.73. The molecule has 1 aliphatic heterocycles. The maximum absolute atomic E-state index is 12.3. The van der Waals surface area contributed by atoms with Crippen LogP contribution in [0.4, 0.5) is 0 Å². The molecule has 0 saturated carbocycles. The number of carbonyl (C=O) groups excluding carboxylic acids is 1. The molecule has 3 heterocycles. The Morgan fingerprint density at radius 3 is 2.55 bits per heavy atom. The van der Waals surface area contributed by atoms with Crippen LogP contribution in [0, 0.1) is 6.92 Å². The summed E-state index contributed by atoms with van der Waals surface area (Å²) in [6.45, 7) is 3.22. The van der Waals surface area contributed by atoms with Crippen molar-refractivity contribution in [3.05, 3.63) is 41.9 Å². The first-order valence-electron chi connectivity index (χ1n) is 6.73. The Hall–Kier alpha value is -2.24. The van der Waals surface area contributed by atoms with Gasteiger partial charge < -0.3 is 9.32 Å². The molecule has 6 heteroatoms. The van der Waals surface area contributed by atoms with E-state index in [1.165, 1.54) is 0 Å². The van der Waals surface area contributed by atoms with Gasteiger partial charge in [0.15, 0.2) is 0 Å². The summed E-state index contributed by atoms with van der Waals surface area (Å²) in [6.07, 6.45) is 5.00. The zero-order valence-corrected chi connectivity index (χ0v) is 11.3. The minimum absolute atomic E-state index is 0.0626. The van der Waals surface area contributed by atoms with E-state index in [-0.39, 0.29) is 11.8 Å². The summed E-state index contributed by atoms with van der Waals surface area (Å²) in [5.41, 5.74) is 0.687. The number of pyridine rings is 1. The van der Waals surface area contributed by atoms with Crippen molar-refractivity contribution >= 4 is 5.91 Å². The fourth-order valence-corrected chi connectivity index (χ4v) is 2.48. The van der Waals surface area contributed by atoms with Gasteiger partial charge in [-0.3, -0.25) is 9.78 Å². The Morgan fingerprint density at radius 2 is 1.95 bits per heavy atom. The van der Waals surface area contributed by atoms with Crippen molar-refractivity contribution in [2.75, 3.05) is 13.1 Å². The van der Waals surface area contributed by atoms with Crippen molar-refractivity contribution < 1.29 is 9.21 Å². The highest BCUT2D eigenvalue weighted by Gasteiger charge is 2.27. The molecule has 0 N–H and O–H groups in total. The molecule has 0 atom stereocenters. The minimum atomic E-state index is 0.0626. The van der Waals surface area contributed by atoms with E-state index in [9.17, 15) is 4.79 Å².